The van der Waals surface area contributed by atoms with Crippen LogP contribution in [0.4, 0.5) is 0 Å². The molecule has 0 saturated carbocycles. The fraction of sp³-hybridized carbons (Fsp3) is 0.500. The summed E-state index contributed by atoms with van der Waals surface area (Å²) >= 11 is 0. The number of hydrogen-bond acceptors (Lipinski definition) is 3. The zero-order chi connectivity index (χ0) is 14.2. The number of amides is 1. The van der Waals surface area contributed by atoms with Gasteiger partial charge in [-0.3, -0.25) is 4.79 Å². The highest BCUT2D eigenvalue weighted by molar-refractivity contribution is 5.82. The van der Waals surface area contributed by atoms with Crippen LogP contribution in [0.5, 0.6) is 0 Å². The third-order valence-electron chi connectivity index (χ3n) is 4.46. The van der Waals surface area contributed by atoms with Gasteiger partial charge in [0.05, 0.1) is 17.1 Å². The Kier molecular flexibility index (Phi) is 3.15. The van der Waals surface area contributed by atoms with E-state index in [9.17, 15) is 4.79 Å². The Morgan fingerprint density at radius 1 is 1.29 bits per heavy atom. The van der Waals surface area contributed by atoms with Gasteiger partial charge in [-0.15, -0.1) is 0 Å². The van der Waals surface area contributed by atoms with Crippen molar-refractivity contribution >= 4 is 16.9 Å². The smallest absolute Gasteiger partial charge is 0.252 e. The quantitative estimate of drug-likeness (QED) is 0.921. The van der Waals surface area contributed by atoms with E-state index in [2.05, 4.69) is 9.97 Å². The minimum Gasteiger partial charge on any atom is -0.368 e. The highest BCUT2D eigenvalue weighted by Crippen LogP contribution is 2.33. The maximum absolute atomic E-state index is 12.6. The number of rotatable bonds is 2. The van der Waals surface area contributed by atoms with Crippen LogP contribution >= 0.6 is 0 Å². The van der Waals surface area contributed by atoms with Crippen molar-refractivity contribution in [2.24, 2.45) is 0 Å². The van der Waals surface area contributed by atoms with Gasteiger partial charge in [-0.2, -0.15) is 0 Å². The molecule has 2 aliphatic rings. The van der Waals surface area contributed by atoms with Crippen molar-refractivity contribution in [2.45, 2.75) is 37.8 Å². The summed E-state index contributed by atoms with van der Waals surface area (Å²) in [6.07, 6.45) is 3.59. The highest BCUT2D eigenvalue weighted by atomic mass is 16.5. The van der Waals surface area contributed by atoms with Gasteiger partial charge in [-0.05, 0) is 37.8 Å². The predicted octanol–water partition coefficient (Wildman–Crippen LogP) is 2.41. The molecule has 4 rings (SSSR count). The van der Waals surface area contributed by atoms with Crippen LogP contribution in [0.3, 0.4) is 0 Å². The third kappa shape index (κ3) is 2.21. The summed E-state index contributed by atoms with van der Waals surface area (Å²) in [5.41, 5.74) is 1.99. The summed E-state index contributed by atoms with van der Waals surface area (Å²) in [6.45, 7) is 1.51. The SMILES string of the molecule is O=C(C1CCCO1)N1CCCC1c1nc2ccccc2[nH]1. The van der Waals surface area contributed by atoms with Gasteiger partial charge < -0.3 is 14.6 Å². The zero-order valence-electron chi connectivity index (χ0n) is 11.9. The molecule has 2 aliphatic heterocycles. The number of aromatic nitrogens is 2. The number of ether oxygens (including phenoxy) is 1. The Bertz CT molecular complexity index is 627. The normalized spacial score (nSPS) is 25.8. The van der Waals surface area contributed by atoms with Gasteiger partial charge in [0.15, 0.2) is 0 Å². The predicted molar refractivity (Wildman–Crippen MR) is 78.8 cm³/mol. The van der Waals surface area contributed by atoms with Crippen LogP contribution in [0.1, 0.15) is 37.5 Å². The maximum atomic E-state index is 12.6. The molecule has 1 N–H and O–H groups in total. The number of H-pyrrole nitrogens is 1. The van der Waals surface area contributed by atoms with Gasteiger partial charge >= 0.3 is 0 Å². The first-order valence-corrected chi connectivity index (χ1v) is 7.69. The van der Waals surface area contributed by atoms with E-state index < -0.39 is 0 Å². The number of carbonyl (C=O) groups excluding carboxylic acids is 1. The number of likely N-dealkylation sites (tertiary alicyclic amines) is 1. The fourth-order valence-corrected chi connectivity index (χ4v) is 3.40. The Balaban J connectivity index is 1.62. The Labute approximate surface area is 123 Å². The monoisotopic (exact) mass is 285 g/mol. The Morgan fingerprint density at radius 3 is 3.00 bits per heavy atom. The summed E-state index contributed by atoms with van der Waals surface area (Å²) in [5, 5.41) is 0. The largest absolute Gasteiger partial charge is 0.368 e. The lowest BCUT2D eigenvalue weighted by molar-refractivity contribution is -0.142. The van der Waals surface area contributed by atoms with E-state index in [1.807, 2.05) is 29.2 Å². The van der Waals surface area contributed by atoms with Gasteiger partial charge in [-0.1, -0.05) is 12.1 Å². The van der Waals surface area contributed by atoms with Crippen molar-refractivity contribution in [3.8, 4) is 0 Å². The number of nitrogens with one attached hydrogen (secondary N) is 1. The standard InChI is InChI=1S/C16H19N3O2/c20-16(14-8-4-10-21-14)19-9-3-7-13(19)15-17-11-5-1-2-6-12(11)18-15/h1-2,5-6,13-14H,3-4,7-10H2,(H,17,18). The van der Waals surface area contributed by atoms with Crippen LogP contribution in [0, 0.1) is 0 Å². The molecule has 2 aromatic rings. The molecular formula is C16H19N3O2. The first kappa shape index (κ1) is 12.8. The minimum atomic E-state index is -0.241. The summed E-state index contributed by atoms with van der Waals surface area (Å²) < 4.78 is 5.55. The van der Waals surface area contributed by atoms with Gasteiger partial charge in [-0.25, -0.2) is 4.98 Å². The van der Waals surface area contributed by atoms with Gasteiger partial charge in [0.25, 0.3) is 5.91 Å². The van der Waals surface area contributed by atoms with E-state index in [4.69, 9.17) is 4.74 Å². The highest BCUT2D eigenvalue weighted by Gasteiger charge is 2.37. The molecule has 3 heterocycles. The van der Waals surface area contributed by atoms with Crippen molar-refractivity contribution in [1.29, 1.82) is 0 Å². The van der Waals surface area contributed by atoms with Crippen molar-refractivity contribution in [1.82, 2.24) is 14.9 Å². The van der Waals surface area contributed by atoms with Crippen molar-refractivity contribution in [2.75, 3.05) is 13.2 Å². The fourth-order valence-electron chi connectivity index (χ4n) is 3.40. The van der Waals surface area contributed by atoms with E-state index in [-0.39, 0.29) is 18.1 Å². The second-order valence-electron chi connectivity index (χ2n) is 5.83. The number of aromatic amines is 1. The minimum absolute atomic E-state index is 0.0640. The van der Waals surface area contributed by atoms with E-state index in [0.29, 0.717) is 6.61 Å². The average molecular weight is 285 g/mol. The molecule has 0 spiro atoms. The van der Waals surface area contributed by atoms with Gasteiger partial charge in [0.1, 0.15) is 11.9 Å². The number of imidazole rings is 1. The lowest BCUT2D eigenvalue weighted by Gasteiger charge is -2.25. The molecule has 0 aliphatic carbocycles. The first-order chi connectivity index (χ1) is 10.3. The van der Waals surface area contributed by atoms with Crippen LogP contribution in [-0.2, 0) is 9.53 Å². The maximum Gasteiger partial charge on any atom is 0.252 e. The number of para-hydroxylation sites is 2. The molecule has 0 radical (unpaired) electrons. The van der Waals surface area contributed by atoms with E-state index in [0.717, 1.165) is 49.1 Å². The topological polar surface area (TPSA) is 58.2 Å². The van der Waals surface area contributed by atoms with Crippen LogP contribution in [0.2, 0.25) is 0 Å². The number of carbonyl (C=O) groups is 1. The molecule has 1 aromatic carbocycles. The first-order valence-electron chi connectivity index (χ1n) is 7.69. The summed E-state index contributed by atoms with van der Waals surface area (Å²) in [4.78, 5) is 22.6. The number of fused-ring (bicyclic) bond motifs is 1. The van der Waals surface area contributed by atoms with Crippen molar-refractivity contribution < 1.29 is 9.53 Å². The lowest BCUT2D eigenvalue weighted by Crippen LogP contribution is -2.38. The average Bonchev–Trinajstić information content (AvgIpc) is 3.24. The summed E-state index contributed by atoms with van der Waals surface area (Å²) in [5.74, 6) is 1.04. The lowest BCUT2D eigenvalue weighted by atomic mass is 10.1. The van der Waals surface area contributed by atoms with Crippen LogP contribution in [0.25, 0.3) is 11.0 Å². The molecule has 2 saturated heterocycles. The molecule has 1 aromatic heterocycles. The molecule has 1 amide bonds. The zero-order valence-corrected chi connectivity index (χ0v) is 11.9. The summed E-state index contributed by atoms with van der Waals surface area (Å²) in [6, 6.07) is 8.06. The van der Waals surface area contributed by atoms with E-state index >= 15 is 0 Å². The molecule has 2 fully saturated rings. The molecular weight excluding hydrogens is 266 g/mol. The Hall–Kier alpha value is -1.88. The molecule has 110 valence electrons. The molecule has 2 atom stereocenters. The molecule has 5 heteroatoms. The third-order valence-corrected chi connectivity index (χ3v) is 4.46. The summed E-state index contributed by atoms with van der Waals surface area (Å²) in [7, 11) is 0. The number of benzene rings is 1. The second-order valence-corrected chi connectivity index (χ2v) is 5.83. The number of nitrogens with zero attached hydrogens (tertiary/aromatic N) is 2. The molecule has 5 nitrogen and oxygen atoms in total. The molecule has 21 heavy (non-hydrogen) atoms. The molecule has 2 unspecified atom stereocenters. The van der Waals surface area contributed by atoms with Crippen molar-refractivity contribution in [3.63, 3.8) is 0 Å². The van der Waals surface area contributed by atoms with E-state index in [1.165, 1.54) is 0 Å². The van der Waals surface area contributed by atoms with Gasteiger partial charge in [0.2, 0.25) is 0 Å². The second kappa shape index (κ2) is 5.15. The molecule has 0 bridgehead atoms. The van der Waals surface area contributed by atoms with Crippen molar-refractivity contribution in [3.05, 3.63) is 30.1 Å². The van der Waals surface area contributed by atoms with Crippen LogP contribution in [0.15, 0.2) is 24.3 Å². The van der Waals surface area contributed by atoms with E-state index in [1.54, 1.807) is 0 Å². The van der Waals surface area contributed by atoms with Crippen LogP contribution < -0.4 is 0 Å². The van der Waals surface area contributed by atoms with Gasteiger partial charge in [0, 0.05) is 13.2 Å². The number of hydrogen-bond donors (Lipinski definition) is 1. The Morgan fingerprint density at radius 2 is 2.19 bits per heavy atom. The van der Waals surface area contributed by atoms with Crippen LogP contribution in [-0.4, -0.2) is 40.0 Å².